The van der Waals surface area contributed by atoms with Crippen LogP contribution < -0.4 is 10.2 Å². The molecular formula is C11H17BO5S. The fraction of sp³-hybridized carbons (Fsp3) is 0.455. The minimum Gasteiger partial charge on any atom is -0.493 e. The summed E-state index contributed by atoms with van der Waals surface area (Å²) in [5.74, 6) is 0.547. The highest BCUT2D eigenvalue weighted by Gasteiger charge is 2.12. The second kappa shape index (κ2) is 6.77. The molecule has 0 aliphatic carbocycles. The molecule has 0 aliphatic rings. The summed E-state index contributed by atoms with van der Waals surface area (Å²) < 4.78 is 28.1. The van der Waals surface area contributed by atoms with E-state index in [4.69, 9.17) is 14.8 Å². The predicted octanol–water partition coefficient (Wildman–Crippen LogP) is -0.430. The highest BCUT2D eigenvalue weighted by atomic mass is 32.2. The summed E-state index contributed by atoms with van der Waals surface area (Å²) in [6.07, 6.45) is 0.592. The van der Waals surface area contributed by atoms with Gasteiger partial charge in [-0.25, -0.2) is 8.42 Å². The molecule has 1 aromatic carbocycles. The molecule has 0 spiro atoms. The third kappa shape index (κ3) is 5.08. The lowest BCUT2D eigenvalue weighted by molar-refractivity contribution is 0.340. The minimum atomic E-state index is -3.05. The zero-order valence-electron chi connectivity index (χ0n) is 10.2. The Bertz CT molecular complexity index is 472. The maximum Gasteiger partial charge on any atom is 0.488 e. The first-order valence-corrected chi connectivity index (χ1v) is 7.56. The third-order valence-corrected chi connectivity index (χ3v) is 4.15. The molecule has 0 fully saturated rings. The highest BCUT2D eigenvalue weighted by Crippen LogP contribution is 2.07. The topological polar surface area (TPSA) is 83.8 Å². The van der Waals surface area contributed by atoms with Crippen LogP contribution in [0.5, 0.6) is 5.75 Å². The Kier molecular flexibility index (Phi) is 5.65. The zero-order valence-corrected chi connectivity index (χ0v) is 11.1. The van der Waals surface area contributed by atoms with E-state index in [2.05, 4.69) is 0 Å². The van der Waals surface area contributed by atoms with Crippen molar-refractivity contribution >= 4 is 22.4 Å². The van der Waals surface area contributed by atoms with E-state index in [9.17, 15) is 8.42 Å². The van der Waals surface area contributed by atoms with Gasteiger partial charge in [0.2, 0.25) is 0 Å². The Morgan fingerprint density at radius 3 is 2.61 bits per heavy atom. The first kappa shape index (κ1) is 15.0. The molecule has 0 bridgehead atoms. The Morgan fingerprint density at radius 1 is 1.28 bits per heavy atom. The van der Waals surface area contributed by atoms with Crippen LogP contribution >= 0.6 is 0 Å². The first-order chi connectivity index (χ1) is 8.44. The number of benzene rings is 1. The van der Waals surface area contributed by atoms with E-state index in [1.807, 2.05) is 6.92 Å². The lowest BCUT2D eigenvalue weighted by Crippen LogP contribution is -2.29. The van der Waals surface area contributed by atoms with E-state index in [-0.39, 0.29) is 18.1 Å². The van der Waals surface area contributed by atoms with E-state index in [0.717, 1.165) is 0 Å². The van der Waals surface area contributed by atoms with E-state index >= 15 is 0 Å². The van der Waals surface area contributed by atoms with Crippen LogP contribution in [0.25, 0.3) is 0 Å². The smallest absolute Gasteiger partial charge is 0.488 e. The van der Waals surface area contributed by atoms with Crippen LogP contribution in [0.3, 0.4) is 0 Å². The van der Waals surface area contributed by atoms with Crippen molar-refractivity contribution in [2.75, 3.05) is 18.1 Å². The fourth-order valence-corrected chi connectivity index (χ4v) is 2.63. The molecule has 0 saturated carbocycles. The second-order valence-corrected chi connectivity index (χ2v) is 6.25. The summed E-state index contributed by atoms with van der Waals surface area (Å²) in [4.78, 5) is 0. The van der Waals surface area contributed by atoms with Gasteiger partial charge in [-0.05, 0) is 24.0 Å². The number of hydrogen-bond donors (Lipinski definition) is 2. The van der Waals surface area contributed by atoms with Crippen LogP contribution in [0.15, 0.2) is 24.3 Å². The normalized spacial score (nSPS) is 11.3. The van der Waals surface area contributed by atoms with E-state index in [1.165, 1.54) is 6.07 Å². The molecule has 0 aliphatic heterocycles. The van der Waals surface area contributed by atoms with E-state index < -0.39 is 17.0 Å². The number of hydrogen-bond acceptors (Lipinski definition) is 5. The second-order valence-electron chi connectivity index (χ2n) is 3.95. The van der Waals surface area contributed by atoms with Crippen LogP contribution in [-0.4, -0.2) is 43.7 Å². The molecule has 100 valence electrons. The molecule has 0 saturated heterocycles. The molecule has 5 nitrogen and oxygen atoms in total. The monoisotopic (exact) mass is 272 g/mol. The largest absolute Gasteiger partial charge is 0.493 e. The summed E-state index contributed by atoms with van der Waals surface area (Å²) in [7, 11) is -4.61. The molecule has 0 aromatic heterocycles. The Labute approximate surface area is 107 Å². The Hall–Kier alpha value is -1.05. The van der Waals surface area contributed by atoms with Crippen LogP contribution in [0.1, 0.15) is 13.3 Å². The number of ether oxygens (including phenoxy) is 1. The van der Waals surface area contributed by atoms with E-state index in [1.54, 1.807) is 18.2 Å². The minimum absolute atomic E-state index is 0.0350. The summed E-state index contributed by atoms with van der Waals surface area (Å²) in [5, 5.41) is 18.0. The molecule has 18 heavy (non-hydrogen) atoms. The predicted molar refractivity (Wildman–Crippen MR) is 70.7 cm³/mol. The number of sulfone groups is 1. The molecule has 1 aromatic rings. The van der Waals surface area contributed by atoms with Gasteiger partial charge in [-0.2, -0.15) is 0 Å². The van der Waals surface area contributed by atoms with Gasteiger partial charge in [0, 0.05) is 0 Å². The molecular weight excluding hydrogens is 255 g/mol. The van der Waals surface area contributed by atoms with Gasteiger partial charge in [-0.3, -0.25) is 0 Å². The molecule has 0 atom stereocenters. The summed E-state index contributed by atoms with van der Waals surface area (Å²) >= 11 is 0. The fourth-order valence-electron chi connectivity index (χ4n) is 1.46. The lowest BCUT2D eigenvalue weighted by Gasteiger charge is -2.08. The number of rotatable bonds is 7. The standard InChI is InChI=1S/C11H17BO5S/c1-2-7-18(15,16)8-6-17-11-5-3-4-10(9-11)12(13)14/h3-5,9,13-14H,2,6-8H2,1H3. The molecule has 0 heterocycles. The average molecular weight is 272 g/mol. The summed E-state index contributed by atoms with van der Waals surface area (Å²) in [6.45, 7) is 1.87. The van der Waals surface area contributed by atoms with Crippen molar-refractivity contribution in [3.8, 4) is 5.75 Å². The Balaban J connectivity index is 2.52. The maximum atomic E-state index is 11.4. The van der Waals surface area contributed by atoms with Crippen molar-refractivity contribution in [3.05, 3.63) is 24.3 Å². The molecule has 2 N–H and O–H groups in total. The summed E-state index contributed by atoms with van der Waals surface area (Å²) in [5.41, 5.74) is 0.309. The molecule has 0 unspecified atom stereocenters. The van der Waals surface area contributed by atoms with Gasteiger partial charge in [0.15, 0.2) is 9.84 Å². The van der Waals surface area contributed by atoms with Gasteiger partial charge in [-0.1, -0.05) is 19.1 Å². The maximum absolute atomic E-state index is 11.4. The van der Waals surface area contributed by atoms with Crippen molar-refractivity contribution in [2.24, 2.45) is 0 Å². The van der Waals surface area contributed by atoms with Crippen LogP contribution in [0, 0.1) is 0 Å². The molecule has 7 heteroatoms. The van der Waals surface area contributed by atoms with Crippen molar-refractivity contribution in [3.63, 3.8) is 0 Å². The molecule has 1 rings (SSSR count). The SMILES string of the molecule is CCCS(=O)(=O)CCOc1cccc(B(O)O)c1. The van der Waals surface area contributed by atoms with Crippen molar-refractivity contribution < 1.29 is 23.2 Å². The first-order valence-electron chi connectivity index (χ1n) is 5.74. The van der Waals surface area contributed by atoms with Crippen LogP contribution in [-0.2, 0) is 9.84 Å². The van der Waals surface area contributed by atoms with Crippen LogP contribution in [0.4, 0.5) is 0 Å². The van der Waals surface area contributed by atoms with Gasteiger partial charge >= 0.3 is 7.12 Å². The molecule has 0 amide bonds. The van der Waals surface area contributed by atoms with Gasteiger partial charge < -0.3 is 14.8 Å². The van der Waals surface area contributed by atoms with Gasteiger partial charge in [-0.15, -0.1) is 0 Å². The van der Waals surface area contributed by atoms with Crippen molar-refractivity contribution in [1.29, 1.82) is 0 Å². The summed E-state index contributed by atoms with van der Waals surface area (Å²) in [6, 6.07) is 6.27. The average Bonchev–Trinajstić information content (AvgIpc) is 2.29. The lowest BCUT2D eigenvalue weighted by atomic mass is 9.80. The highest BCUT2D eigenvalue weighted by molar-refractivity contribution is 7.91. The van der Waals surface area contributed by atoms with Gasteiger partial charge in [0.1, 0.15) is 12.4 Å². The molecule has 0 radical (unpaired) electrons. The third-order valence-electron chi connectivity index (χ3n) is 2.33. The van der Waals surface area contributed by atoms with Gasteiger partial charge in [0.05, 0.1) is 11.5 Å². The van der Waals surface area contributed by atoms with Gasteiger partial charge in [0.25, 0.3) is 0 Å². The quantitative estimate of drug-likeness (QED) is 0.658. The zero-order chi connectivity index (χ0) is 13.6. The van der Waals surface area contributed by atoms with E-state index in [0.29, 0.717) is 17.6 Å². The Morgan fingerprint density at radius 2 is 2.00 bits per heavy atom. The van der Waals surface area contributed by atoms with Crippen LogP contribution in [0.2, 0.25) is 0 Å². The van der Waals surface area contributed by atoms with Crippen molar-refractivity contribution in [2.45, 2.75) is 13.3 Å². The van der Waals surface area contributed by atoms with Crippen molar-refractivity contribution in [1.82, 2.24) is 0 Å².